The van der Waals surface area contributed by atoms with Crippen molar-refractivity contribution in [1.29, 1.82) is 0 Å². The number of hydrogen-bond donors (Lipinski definition) is 1. The molecule has 1 fully saturated rings. The van der Waals surface area contributed by atoms with Crippen molar-refractivity contribution < 1.29 is 19.1 Å². The SMILES string of the molecule is CC1(C)OCC(C)(C)[C@H](C(=O)CCCC(=O)CCCN)O1. The highest BCUT2D eigenvalue weighted by atomic mass is 16.7. The summed E-state index contributed by atoms with van der Waals surface area (Å²) >= 11 is 0. The fraction of sp³-hybridized carbons (Fsp3) is 0.875. The number of carbonyl (C=O) groups excluding carboxylic acids is 2. The van der Waals surface area contributed by atoms with Crippen molar-refractivity contribution >= 4 is 11.6 Å². The second-order valence-electron chi connectivity index (χ2n) is 6.93. The van der Waals surface area contributed by atoms with E-state index in [1.165, 1.54) is 0 Å². The summed E-state index contributed by atoms with van der Waals surface area (Å²) in [4.78, 5) is 24.0. The van der Waals surface area contributed by atoms with E-state index in [9.17, 15) is 9.59 Å². The Morgan fingerprint density at radius 1 is 1.10 bits per heavy atom. The van der Waals surface area contributed by atoms with Crippen molar-refractivity contribution in [3.8, 4) is 0 Å². The van der Waals surface area contributed by atoms with E-state index in [-0.39, 0.29) is 17.0 Å². The van der Waals surface area contributed by atoms with Crippen LogP contribution in [0.3, 0.4) is 0 Å². The van der Waals surface area contributed by atoms with Gasteiger partial charge in [0.25, 0.3) is 0 Å². The first-order chi connectivity index (χ1) is 9.68. The minimum absolute atomic E-state index is 0.0583. The predicted molar refractivity (Wildman–Crippen MR) is 80.8 cm³/mol. The normalized spacial score (nSPS) is 23.8. The van der Waals surface area contributed by atoms with E-state index in [1.807, 2.05) is 27.7 Å². The van der Waals surface area contributed by atoms with Crippen molar-refractivity contribution in [1.82, 2.24) is 0 Å². The summed E-state index contributed by atoms with van der Waals surface area (Å²) in [6.45, 7) is 8.60. The highest BCUT2D eigenvalue weighted by molar-refractivity contribution is 5.85. The molecule has 1 aliphatic rings. The lowest BCUT2D eigenvalue weighted by Crippen LogP contribution is -2.53. The number of hydrogen-bond acceptors (Lipinski definition) is 5. The number of nitrogens with two attached hydrogens (primary N) is 1. The molecule has 1 saturated heterocycles. The van der Waals surface area contributed by atoms with Crippen LogP contribution in [0.15, 0.2) is 0 Å². The maximum Gasteiger partial charge on any atom is 0.163 e. The van der Waals surface area contributed by atoms with Gasteiger partial charge in [0.2, 0.25) is 0 Å². The van der Waals surface area contributed by atoms with Gasteiger partial charge in [0.15, 0.2) is 11.6 Å². The van der Waals surface area contributed by atoms with E-state index in [0.29, 0.717) is 38.8 Å². The van der Waals surface area contributed by atoms with Gasteiger partial charge in [-0.05, 0) is 33.2 Å². The van der Waals surface area contributed by atoms with Gasteiger partial charge in [-0.25, -0.2) is 0 Å². The fourth-order valence-electron chi connectivity index (χ4n) is 2.43. The Morgan fingerprint density at radius 2 is 1.71 bits per heavy atom. The first kappa shape index (κ1) is 18.3. The summed E-state index contributed by atoms with van der Waals surface area (Å²) < 4.78 is 11.4. The van der Waals surface area contributed by atoms with Gasteiger partial charge in [0.1, 0.15) is 11.9 Å². The molecule has 0 saturated carbocycles. The zero-order chi connectivity index (χ0) is 16.1. The summed E-state index contributed by atoms with van der Waals surface area (Å²) in [7, 11) is 0. The third kappa shape index (κ3) is 5.85. The topological polar surface area (TPSA) is 78.6 Å². The molecule has 0 aromatic heterocycles. The molecule has 0 amide bonds. The minimum atomic E-state index is -0.729. The zero-order valence-corrected chi connectivity index (χ0v) is 13.7. The quantitative estimate of drug-likeness (QED) is 0.743. The Bertz CT molecular complexity index is 376. The Labute approximate surface area is 127 Å². The van der Waals surface area contributed by atoms with Gasteiger partial charge < -0.3 is 15.2 Å². The summed E-state index contributed by atoms with van der Waals surface area (Å²) in [5.74, 6) is -0.490. The zero-order valence-electron chi connectivity index (χ0n) is 13.7. The standard InChI is InChI=1S/C16H29NO4/c1-15(2)11-20-16(3,4)21-14(15)13(19)9-5-7-12(18)8-6-10-17/h14H,5-11,17H2,1-4H3/t14-/m0/s1. The summed E-state index contributed by atoms with van der Waals surface area (Å²) in [6.07, 6.45) is 2.16. The van der Waals surface area contributed by atoms with Crippen LogP contribution in [-0.2, 0) is 19.1 Å². The third-order valence-electron chi connectivity index (χ3n) is 3.73. The average Bonchev–Trinajstić information content (AvgIpc) is 2.39. The van der Waals surface area contributed by atoms with Crippen LogP contribution in [0.2, 0.25) is 0 Å². The highest BCUT2D eigenvalue weighted by Crippen LogP contribution is 2.35. The molecule has 1 rings (SSSR count). The molecule has 0 unspecified atom stereocenters. The van der Waals surface area contributed by atoms with Crippen LogP contribution in [-0.4, -0.2) is 36.6 Å². The molecule has 1 atom stereocenters. The molecule has 21 heavy (non-hydrogen) atoms. The molecule has 1 heterocycles. The fourth-order valence-corrected chi connectivity index (χ4v) is 2.43. The molecule has 0 bridgehead atoms. The monoisotopic (exact) mass is 299 g/mol. The van der Waals surface area contributed by atoms with Crippen molar-refractivity contribution in [3.63, 3.8) is 0 Å². The Hall–Kier alpha value is -0.780. The van der Waals surface area contributed by atoms with Crippen LogP contribution in [0.5, 0.6) is 0 Å². The molecule has 5 nitrogen and oxygen atoms in total. The molecule has 122 valence electrons. The number of Topliss-reactive ketones (excluding diaryl/α,β-unsaturated/α-hetero) is 2. The predicted octanol–water partition coefficient (Wildman–Crippen LogP) is 2.21. The molecule has 0 aromatic rings. The van der Waals surface area contributed by atoms with Crippen molar-refractivity contribution in [2.45, 2.75) is 71.7 Å². The van der Waals surface area contributed by atoms with Crippen LogP contribution in [0.4, 0.5) is 0 Å². The van der Waals surface area contributed by atoms with Gasteiger partial charge in [-0.1, -0.05) is 13.8 Å². The third-order valence-corrected chi connectivity index (χ3v) is 3.73. The lowest BCUT2D eigenvalue weighted by molar-refractivity contribution is -0.303. The van der Waals surface area contributed by atoms with Crippen molar-refractivity contribution in [3.05, 3.63) is 0 Å². The van der Waals surface area contributed by atoms with Gasteiger partial charge in [0.05, 0.1) is 6.61 Å². The second kappa shape index (κ2) is 7.47. The number of ether oxygens (including phenoxy) is 2. The number of rotatable bonds is 8. The lowest BCUT2D eigenvalue weighted by Gasteiger charge is -2.45. The first-order valence-electron chi connectivity index (χ1n) is 7.74. The minimum Gasteiger partial charge on any atom is -0.350 e. The van der Waals surface area contributed by atoms with Crippen LogP contribution >= 0.6 is 0 Å². The van der Waals surface area contributed by atoms with E-state index >= 15 is 0 Å². The Kier molecular flexibility index (Phi) is 6.50. The molecule has 0 aromatic carbocycles. The molecular weight excluding hydrogens is 270 g/mol. The average molecular weight is 299 g/mol. The van der Waals surface area contributed by atoms with Gasteiger partial charge in [-0.15, -0.1) is 0 Å². The summed E-state index contributed by atoms with van der Waals surface area (Å²) in [5.41, 5.74) is 5.03. The lowest BCUT2D eigenvalue weighted by atomic mass is 9.82. The Morgan fingerprint density at radius 3 is 2.33 bits per heavy atom. The molecule has 0 spiro atoms. The highest BCUT2D eigenvalue weighted by Gasteiger charge is 2.45. The van der Waals surface area contributed by atoms with Gasteiger partial charge in [0, 0.05) is 24.7 Å². The largest absolute Gasteiger partial charge is 0.350 e. The molecule has 5 heteroatoms. The van der Waals surface area contributed by atoms with Crippen molar-refractivity contribution in [2.24, 2.45) is 11.1 Å². The number of carbonyl (C=O) groups is 2. The van der Waals surface area contributed by atoms with Gasteiger partial charge in [-0.2, -0.15) is 0 Å². The van der Waals surface area contributed by atoms with Gasteiger partial charge >= 0.3 is 0 Å². The van der Waals surface area contributed by atoms with Gasteiger partial charge in [-0.3, -0.25) is 9.59 Å². The second-order valence-corrected chi connectivity index (χ2v) is 6.93. The molecule has 2 N–H and O–H groups in total. The molecule has 1 aliphatic heterocycles. The summed E-state index contributed by atoms with van der Waals surface area (Å²) in [5, 5.41) is 0. The van der Waals surface area contributed by atoms with E-state index in [4.69, 9.17) is 15.2 Å². The van der Waals surface area contributed by atoms with E-state index in [2.05, 4.69) is 0 Å². The van der Waals surface area contributed by atoms with Crippen LogP contribution < -0.4 is 5.73 Å². The van der Waals surface area contributed by atoms with Crippen LogP contribution in [0.1, 0.15) is 59.8 Å². The molecule has 0 aliphatic carbocycles. The van der Waals surface area contributed by atoms with Crippen LogP contribution in [0, 0.1) is 5.41 Å². The Balaban J connectivity index is 2.44. The van der Waals surface area contributed by atoms with E-state index in [1.54, 1.807) is 0 Å². The first-order valence-corrected chi connectivity index (χ1v) is 7.74. The number of ketones is 2. The van der Waals surface area contributed by atoms with Crippen molar-refractivity contribution in [2.75, 3.05) is 13.2 Å². The van der Waals surface area contributed by atoms with E-state index < -0.39 is 11.9 Å². The smallest absolute Gasteiger partial charge is 0.163 e. The molecule has 0 radical (unpaired) electrons. The van der Waals surface area contributed by atoms with E-state index in [0.717, 1.165) is 6.42 Å². The summed E-state index contributed by atoms with van der Waals surface area (Å²) in [6, 6.07) is 0. The maximum atomic E-state index is 12.4. The molecular formula is C16H29NO4. The van der Waals surface area contributed by atoms with Crippen LogP contribution in [0.25, 0.3) is 0 Å². The maximum absolute atomic E-state index is 12.4.